The van der Waals surface area contributed by atoms with Crippen LogP contribution in [0.4, 0.5) is 5.69 Å². The summed E-state index contributed by atoms with van der Waals surface area (Å²) < 4.78 is 1.29. The quantitative estimate of drug-likeness (QED) is 0.488. The van der Waals surface area contributed by atoms with Gasteiger partial charge in [-0.25, -0.2) is 4.68 Å². The average molecular weight is 482 g/mol. The van der Waals surface area contributed by atoms with Crippen LogP contribution >= 0.6 is 11.6 Å². The highest BCUT2D eigenvalue weighted by Gasteiger charge is 2.16. The molecule has 3 rings (SSSR count). The molecule has 0 aliphatic heterocycles. The van der Waals surface area contributed by atoms with E-state index in [0.717, 1.165) is 16.8 Å². The lowest BCUT2D eigenvalue weighted by Gasteiger charge is -2.21. The highest BCUT2D eigenvalue weighted by atomic mass is 35.5. The van der Waals surface area contributed by atoms with Gasteiger partial charge in [-0.2, -0.15) is 5.10 Å². The Bertz CT molecular complexity index is 1230. The van der Waals surface area contributed by atoms with Gasteiger partial charge in [0.05, 0.1) is 19.2 Å². The zero-order valence-corrected chi connectivity index (χ0v) is 20.0. The van der Waals surface area contributed by atoms with Gasteiger partial charge in [-0.1, -0.05) is 35.9 Å². The maximum Gasteiger partial charge on any atom is 0.270 e. The Morgan fingerprint density at radius 1 is 1.15 bits per heavy atom. The molecule has 2 amide bonds. The molecule has 2 aromatic carbocycles. The van der Waals surface area contributed by atoms with Crippen molar-refractivity contribution in [2.75, 3.05) is 11.4 Å². The molecule has 0 atom stereocenters. The summed E-state index contributed by atoms with van der Waals surface area (Å²) in [5.41, 5.74) is 8.87. The van der Waals surface area contributed by atoms with Gasteiger partial charge in [0.25, 0.3) is 5.56 Å². The minimum Gasteiger partial charge on any atom is -0.352 e. The van der Waals surface area contributed by atoms with E-state index in [9.17, 15) is 14.4 Å². The Labute approximate surface area is 203 Å². The molecular formula is C25H28ClN5O3. The third-order valence-corrected chi connectivity index (χ3v) is 5.78. The van der Waals surface area contributed by atoms with Gasteiger partial charge >= 0.3 is 0 Å². The number of para-hydroxylation sites is 1. The topological polar surface area (TPSA) is 110 Å². The fourth-order valence-electron chi connectivity index (χ4n) is 3.63. The standard InChI is InChI=1S/C25H28ClN5O3/c1-17-15-29-31(11-10-30(18(2)32)22-6-4-3-5-7-22)25(34)23(17)13-24(33)28-16-20-12-21(26)9-8-19(20)14-27/h3-9,12,15H,10-11,13-14,16,27H2,1-2H3,(H,28,33). The van der Waals surface area contributed by atoms with Crippen molar-refractivity contribution in [1.82, 2.24) is 15.1 Å². The first-order valence-electron chi connectivity index (χ1n) is 10.9. The molecular weight excluding hydrogens is 454 g/mol. The van der Waals surface area contributed by atoms with Gasteiger partial charge in [0.1, 0.15) is 0 Å². The van der Waals surface area contributed by atoms with E-state index in [2.05, 4.69) is 10.4 Å². The molecule has 0 aliphatic carbocycles. The first-order valence-corrected chi connectivity index (χ1v) is 11.3. The minimum atomic E-state index is -0.350. The fourth-order valence-corrected chi connectivity index (χ4v) is 3.83. The van der Waals surface area contributed by atoms with Gasteiger partial charge in [-0.3, -0.25) is 14.4 Å². The molecule has 0 fully saturated rings. The molecule has 3 N–H and O–H groups in total. The predicted octanol–water partition coefficient (Wildman–Crippen LogP) is 2.58. The summed E-state index contributed by atoms with van der Waals surface area (Å²) in [6.45, 7) is 4.29. The molecule has 178 valence electrons. The van der Waals surface area contributed by atoms with E-state index in [0.29, 0.717) is 22.7 Å². The van der Waals surface area contributed by atoms with Crippen LogP contribution in [-0.4, -0.2) is 28.1 Å². The van der Waals surface area contributed by atoms with Gasteiger partial charge in [0.2, 0.25) is 11.8 Å². The first-order chi connectivity index (χ1) is 16.3. The smallest absolute Gasteiger partial charge is 0.270 e. The summed E-state index contributed by atoms with van der Waals surface area (Å²) in [5, 5.41) is 7.60. The number of nitrogens with two attached hydrogens (primary N) is 1. The van der Waals surface area contributed by atoms with Crippen LogP contribution in [0, 0.1) is 6.92 Å². The summed E-state index contributed by atoms with van der Waals surface area (Å²) in [5.74, 6) is -0.431. The van der Waals surface area contributed by atoms with Crippen LogP contribution in [0.5, 0.6) is 0 Å². The van der Waals surface area contributed by atoms with E-state index >= 15 is 0 Å². The van der Waals surface area contributed by atoms with Gasteiger partial charge in [-0.05, 0) is 47.9 Å². The van der Waals surface area contributed by atoms with Crippen molar-refractivity contribution in [3.63, 3.8) is 0 Å². The van der Waals surface area contributed by atoms with Crippen LogP contribution in [0.2, 0.25) is 5.02 Å². The van der Waals surface area contributed by atoms with Crippen LogP contribution < -0.4 is 21.5 Å². The maximum absolute atomic E-state index is 13.0. The summed E-state index contributed by atoms with van der Waals surface area (Å²) >= 11 is 6.06. The third kappa shape index (κ3) is 6.30. The molecule has 1 heterocycles. The Morgan fingerprint density at radius 3 is 2.56 bits per heavy atom. The number of aromatic nitrogens is 2. The van der Waals surface area contributed by atoms with Crippen LogP contribution in [0.25, 0.3) is 0 Å². The summed E-state index contributed by atoms with van der Waals surface area (Å²) in [6, 6.07) is 14.6. The van der Waals surface area contributed by atoms with E-state index in [1.54, 1.807) is 30.2 Å². The molecule has 3 aromatic rings. The summed E-state index contributed by atoms with van der Waals surface area (Å²) in [6.07, 6.45) is 1.48. The minimum absolute atomic E-state index is 0.0825. The lowest BCUT2D eigenvalue weighted by atomic mass is 10.1. The number of halogens is 1. The van der Waals surface area contributed by atoms with E-state index in [1.807, 2.05) is 36.4 Å². The van der Waals surface area contributed by atoms with Gasteiger partial charge in [-0.15, -0.1) is 0 Å². The van der Waals surface area contributed by atoms with Crippen LogP contribution in [0.3, 0.4) is 0 Å². The van der Waals surface area contributed by atoms with Crippen LogP contribution in [-0.2, 0) is 35.6 Å². The van der Waals surface area contributed by atoms with Crippen LogP contribution in [0.15, 0.2) is 59.5 Å². The number of carbonyl (C=O) groups excluding carboxylic acids is 2. The lowest BCUT2D eigenvalue weighted by molar-refractivity contribution is -0.120. The molecule has 1 aromatic heterocycles. The van der Waals surface area contributed by atoms with Crippen molar-refractivity contribution in [3.8, 4) is 0 Å². The number of aryl methyl sites for hydroxylation is 1. The number of rotatable bonds is 9. The highest BCUT2D eigenvalue weighted by Crippen LogP contribution is 2.16. The molecule has 34 heavy (non-hydrogen) atoms. The lowest BCUT2D eigenvalue weighted by Crippen LogP contribution is -2.37. The van der Waals surface area contributed by atoms with E-state index < -0.39 is 0 Å². The normalized spacial score (nSPS) is 10.7. The highest BCUT2D eigenvalue weighted by molar-refractivity contribution is 6.30. The maximum atomic E-state index is 13.0. The van der Waals surface area contributed by atoms with Gasteiger partial charge < -0.3 is 16.0 Å². The molecule has 0 unspecified atom stereocenters. The van der Waals surface area contributed by atoms with Gasteiger partial charge in [0.15, 0.2) is 0 Å². The van der Waals surface area contributed by atoms with Crippen molar-refractivity contribution >= 4 is 29.1 Å². The van der Waals surface area contributed by atoms with Crippen LogP contribution in [0.1, 0.15) is 29.2 Å². The van der Waals surface area contributed by atoms with Crippen molar-refractivity contribution in [2.24, 2.45) is 5.73 Å². The van der Waals surface area contributed by atoms with Crippen molar-refractivity contribution < 1.29 is 9.59 Å². The second-order valence-corrected chi connectivity index (χ2v) is 8.35. The summed E-state index contributed by atoms with van der Waals surface area (Å²) in [4.78, 5) is 39.4. The van der Waals surface area contributed by atoms with E-state index in [4.69, 9.17) is 17.3 Å². The van der Waals surface area contributed by atoms with Crippen molar-refractivity contribution in [1.29, 1.82) is 0 Å². The monoisotopic (exact) mass is 481 g/mol. The number of hydrogen-bond donors (Lipinski definition) is 2. The molecule has 0 spiro atoms. The molecule has 0 saturated heterocycles. The number of nitrogens with one attached hydrogen (secondary N) is 1. The first kappa shape index (κ1) is 25.1. The Morgan fingerprint density at radius 2 is 1.88 bits per heavy atom. The SMILES string of the molecule is CC(=O)N(CCn1ncc(C)c(CC(=O)NCc2cc(Cl)ccc2CN)c1=O)c1ccccc1. The average Bonchev–Trinajstić information content (AvgIpc) is 2.82. The Kier molecular flexibility index (Phi) is 8.56. The number of hydrogen-bond acceptors (Lipinski definition) is 5. The number of carbonyl (C=O) groups is 2. The predicted molar refractivity (Wildman–Crippen MR) is 133 cm³/mol. The number of benzene rings is 2. The molecule has 0 saturated carbocycles. The zero-order valence-electron chi connectivity index (χ0n) is 19.3. The number of amides is 2. The zero-order chi connectivity index (χ0) is 24.7. The molecule has 8 nitrogen and oxygen atoms in total. The molecule has 0 radical (unpaired) electrons. The third-order valence-electron chi connectivity index (χ3n) is 5.54. The molecule has 9 heteroatoms. The van der Waals surface area contributed by atoms with Crippen molar-refractivity contribution in [2.45, 2.75) is 39.9 Å². The number of anilines is 1. The second kappa shape index (κ2) is 11.6. The van der Waals surface area contributed by atoms with E-state index in [-0.39, 0.29) is 43.4 Å². The number of nitrogens with zero attached hydrogens (tertiary/aromatic N) is 3. The molecule has 0 aliphatic rings. The Balaban J connectivity index is 1.70. The largest absolute Gasteiger partial charge is 0.352 e. The van der Waals surface area contributed by atoms with E-state index in [1.165, 1.54) is 11.6 Å². The van der Waals surface area contributed by atoms with Gasteiger partial charge in [0, 0.05) is 42.8 Å². The molecule has 0 bridgehead atoms. The Hall–Kier alpha value is -3.49. The fraction of sp³-hybridized carbons (Fsp3) is 0.280. The second-order valence-electron chi connectivity index (χ2n) is 7.91. The van der Waals surface area contributed by atoms with Crippen molar-refractivity contribution in [3.05, 3.63) is 92.4 Å². The summed E-state index contributed by atoms with van der Waals surface area (Å²) in [7, 11) is 0.